The third-order valence-corrected chi connectivity index (χ3v) is 3.84. The van der Waals surface area contributed by atoms with Crippen LogP contribution >= 0.6 is 0 Å². The number of benzene rings is 2. The second kappa shape index (κ2) is 8.14. The lowest BCUT2D eigenvalue weighted by atomic mass is 10.2. The van der Waals surface area contributed by atoms with Gasteiger partial charge in [0.15, 0.2) is 0 Å². The van der Waals surface area contributed by atoms with Gasteiger partial charge in [0.25, 0.3) is 5.91 Å². The van der Waals surface area contributed by atoms with E-state index in [-0.39, 0.29) is 11.6 Å². The van der Waals surface area contributed by atoms with Crippen LogP contribution in [0, 0.1) is 6.92 Å². The molecule has 3 rings (SSSR count). The lowest BCUT2D eigenvalue weighted by Crippen LogP contribution is -2.14. The Hall–Kier alpha value is -3.67. The minimum atomic E-state index is -0.462. The predicted octanol–water partition coefficient (Wildman–Crippen LogP) is 4.17. The van der Waals surface area contributed by atoms with E-state index in [1.165, 1.54) is 7.11 Å². The molecule has 0 aliphatic carbocycles. The Morgan fingerprint density at radius 1 is 0.926 bits per heavy atom. The van der Waals surface area contributed by atoms with E-state index in [1.807, 2.05) is 31.2 Å². The van der Waals surface area contributed by atoms with Crippen LogP contribution in [0.4, 0.5) is 17.1 Å². The first-order chi connectivity index (χ1) is 13.0. The normalized spacial score (nSPS) is 10.1. The maximum Gasteiger partial charge on any atom is 0.337 e. The van der Waals surface area contributed by atoms with Gasteiger partial charge in [-0.3, -0.25) is 4.79 Å². The maximum absolute atomic E-state index is 12.4. The molecule has 0 fully saturated rings. The summed E-state index contributed by atoms with van der Waals surface area (Å²) in [6.45, 7) is 2.02. The number of anilines is 3. The number of amides is 1. The summed E-state index contributed by atoms with van der Waals surface area (Å²) in [5, 5.41) is 5.97. The molecular weight excluding hydrogens is 342 g/mol. The van der Waals surface area contributed by atoms with E-state index >= 15 is 0 Å². The number of esters is 1. The van der Waals surface area contributed by atoms with Crippen LogP contribution in [0.2, 0.25) is 0 Å². The van der Waals surface area contributed by atoms with Crippen LogP contribution in [0.5, 0.6) is 0 Å². The van der Waals surface area contributed by atoms with Crippen LogP contribution < -0.4 is 10.6 Å². The van der Waals surface area contributed by atoms with Gasteiger partial charge in [0.2, 0.25) is 0 Å². The number of hydrogen-bond acceptors (Lipinski definition) is 5. The number of methoxy groups -OCH3 is 1. The Morgan fingerprint density at radius 3 is 2.41 bits per heavy atom. The van der Waals surface area contributed by atoms with Gasteiger partial charge in [-0.05, 0) is 55.0 Å². The van der Waals surface area contributed by atoms with Gasteiger partial charge in [0.05, 0.1) is 24.6 Å². The summed E-state index contributed by atoms with van der Waals surface area (Å²) in [6, 6.07) is 17.9. The molecule has 1 aromatic heterocycles. The first-order valence-electron chi connectivity index (χ1n) is 8.34. The molecule has 0 bridgehead atoms. The zero-order valence-electron chi connectivity index (χ0n) is 15.0. The van der Waals surface area contributed by atoms with E-state index < -0.39 is 5.97 Å². The zero-order chi connectivity index (χ0) is 19.2. The van der Waals surface area contributed by atoms with E-state index in [0.29, 0.717) is 11.3 Å². The monoisotopic (exact) mass is 361 g/mol. The molecule has 0 saturated carbocycles. The fraction of sp³-hybridized carbons (Fsp3) is 0.0952. The Kier molecular flexibility index (Phi) is 5.47. The van der Waals surface area contributed by atoms with Crippen molar-refractivity contribution in [1.29, 1.82) is 0 Å². The number of rotatable bonds is 5. The van der Waals surface area contributed by atoms with Gasteiger partial charge in [-0.2, -0.15) is 0 Å². The van der Waals surface area contributed by atoms with Gasteiger partial charge in [-0.25, -0.2) is 9.78 Å². The lowest BCUT2D eigenvalue weighted by molar-refractivity contribution is 0.0600. The molecule has 1 heterocycles. The van der Waals surface area contributed by atoms with Gasteiger partial charge in [0, 0.05) is 11.4 Å². The molecule has 136 valence electrons. The molecule has 2 aromatic carbocycles. The Labute approximate surface area is 157 Å². The van der Waals surface area contributed by atoms with Crippen molar-refractivity contribution in [2.24, 2.45) is 0 Å². The Balaban J connectivity index is 1.68. The van der Waals surface area contributed by atoms with Crippen molar-refractivity contribution < 1.29 is 14.3 Å². The molecule has 2 N–H and O–H groups in total. The Bertz CT molecular complexity index is 968. The summed E-state index contributed by atoms with van der Waals surface area (Å²) < 4.78 is 4.68. The highest BCUT2D eigenvalue weighted by Gasteiger charge is 2.10. The summed E-state index contributed by atoms with van der Waals surface area (Å²) >= 11 is 0. The van der Waals surface area contributed by atoms with Crippen molar-refractivity contribution in [1.82, 2.24) is 4.98 Å². The number of carbonyl (C=O) groups excluding carboxylic acids is 2. The van der Waals surface area contributed by atoms with Crippen molar-refractivity contribution in [3.05, 3.63) is 83.7 Å². The second-order valence-corrected chi connectivity index (χ2v) is 5.95. The number of aromatic nitrogens is 1. The fourth-order valence-electron chi connectivity index (χ4n) is 2.53. The number of aryl methyl sites for hydroxylation is 1. The highest BCUT2D eigenvalue weighted by molar-refractivity contribution is 6.03. The van der Waals surface area contributed by atoms with Gasteiger partial charge < -0.3 is 15.4 Å². The van der Waals surface area contributed by atoms with Crippen molar-refractivity contribution in [2.75, 3.05) is 17.7 Å². The number of nitrogens with one attached hydrogen (secondary N) is 2. The summed E-state index contributed by atoms with van der Waals surface area (Å²) in [6.07, 6.45) is 1.60. The van der Waals surface area contributed by atoms with Gasteiger partial charge in [-0.1, -0.05) is 18.2 Å². The molecule has 0 saturated heterocycles. The van der Waals surface area contributed by atoms with Gasteiger partial charge in [0.1, 0.15) is 5.69 Å². The number of carbonyl (C=O) groups is 2. The van der Waals surface area contributed by atoms with E-state index in [9.17, 15) is 9.59 Å². The van der Waals surface area contributed by atoms with Crippen LogP contribution in [-0.4, -0.2) is 24.0 Å². The smallest absolute Gasteiger partial charge is 0.337 e. The number of hydrogen-bond donors (Lipinski definition) is 2. The van der Waals surface area contributed by atoms with Gasteiger partial charge in [-0.15, -0.1) is 0 Å². The van der Waals surface area contributed by atoms with Crippen LogP contribution in [0.3, 0.4) is 0 Å². The molecule has 27 heavy (non-hydrogen) atoms. The third-order valence-electron chi connectivity index (χ3n) is 3.84. The minimum Gasteiger partial charge on any atom is -0.465 e. The largest absolute Gasteiger partial charge is 0.465 e. The molecule has 6 nitrogen and oxygen atoms in total. The molecule has 0 atom stereocenters. The first kappa shape index (κ1) is 18.1. The summed E-state index contributed by atoms with van der Waals surface area (Å²) in [4.78, 5) is 28.1. The van der Waals surface area contributed by atoms with Crippen molar-refractivity contribution in [3.63, 3.8) is 0 Å². The van der Waals surface area contributed by atoms with E-state index in [2.05, 4.69) is 20.4 Å². The molecule has 6 heteroatoms. The Morgan fingerprint density at radius 2 is 1.70 bits per heavy atom. The SMILES string of the molecule is COC(=O)c1cccc(NC(=O)c2ccc(Nc3cccc(C)c3)cn2)c1. The molecule has 0 radical (unpaired) electrons. The quantitative estimate of drug-likeness (QED) is 0.667. The van der Waals surface area contributed by atoms with Crippen LogP contribution in [0.15, 0.2) is 66.9 Å². The second-order valence-electron chi connectivity index (χ2n) is 5.95. The number of pyridine rings is 1. The van der Waals surface area contributed by atoms with Crippen LogP contribution in [-0.2, 0) is 4.74 Å². The number of nitrogens with zero attached hydrogens (tertiary/aromatic N) is 1. The molecule has 0 aliphatic rings. The molecule has 0 unspecified atom stereocenters. The zero-order valence-corrected chi connectivity index (χ0v) is 15.0. The molecule has 3 aromatic rings. The number of ether oxygens (including phenoxy) is 1. The third kappa shape index (κ3) is 4.70. The highest BCUT2D eigenvalue weighted by Crippen LogP contribution is 2.18. The standard InChI is InChI=1S/C21H19N3O3/c1-14-5-3-7-16(11-14)23-18-9-10-19(22-13-18)20(25)24-17-8-4-6-15(12-17)21(26)27-2/h3-13,23H,1-2H3,(H,24,25). The van der Waals surface area contributed by atoms with Crippen molar-refractivity contribution in [2.45, 2.75) is 6.92 Å². The average molecular weight is 361 g/mol. The van der Waals surface area contributed by atoms with Crippen molar-refractivity contribution in [3.8, 4) is 0 Å². The average Bonchev–Trinajstić information content (AvgIpc) is 2.68. The van der Waals surface area contributed by atoms with Gasteiger partial charge >= 0.3 is 5.97 Å². The van der Waals surface area contributed by atoms with E-state index in [0.717, 1.165) is 16.9 Å². The van der Waals surface area contributed by atoms with Crippen molar-refractivity contribution >= 4 is 28.9 Å². The molecule has 0 aliphatic heterocycles. The molecule has 1 amide bonds. The summed E-state index contributed by atoms with van der Waals surface area (Å²) in [5.41, 5.74) is 4.01. The van der Waals surface area contributed by atoms with Crippen LogP contribution in [0.25, 0.3) is 0 Å². The topological polar surface area (TPSA) is 80.3 Å². The lowest BCUT2D eigenvalue weighted by Gasteiger charge is -2.09. The van der Waals surface area contributed by atoms with E-state index in [1.54, 1.807) is 42.6 Å². The molecular formula is C21H19N3O3. The van der Waals surface area contributed by atoms with E-state index in [4.69, 9.17) is 0 Å². The maximum atomic E-state index is 12.4. The summed E-state index contributed by atoms with van der Waals surface area (Å²) in [5.74, 6) is -0.824. The summed E-state index contributed by atoms with van der Waals surface area (Å²) in [7, 11) is 1.31. The first-order valence-corrected chi connectivity index (χ1v) is 8.34. The highest BCUT2D eigenvalue weighted by atomic mass is 16.5. The fourth-order valence-corrected chi connectivity index (χ4v) is 2.53. The minimum absolute atomic E-state index is 0.272. The predicted molar refractivity (Wildman–Crippen MR) is 104 cm³/mol. The van der Waals surface area contributed by atoms with Crippen LogP contribution in [0.1, 0.15) is 26.4 Å². The molecule has 0 spiro atoms.